The molecule has 1 heterocycles. The second kappa shape index (κ2) is 14.0. The van der Waals surface area contributed by atoms with Crippen LogP contribution in [0.1, 0.15) is 23.1 Å². The summed E-state index contributed by atoms with van der Waals surface area (Å²) in [5, 5.41) is 8.30. The molecule has 222 valence electrons. The second-order valence-electron chi connectivity index (χ2n) is 9.92. The van der Waals surface area contributed by atoms with Gasteiger partial charge >= 0.3 is 6.03 Å². The molecule has 0 spiro atoms. The number of para-hydroxylation sites is 1. The fourth-order valence-corrected chi connectivity index (χ4v) is 4.77. The number of nitrogens with zero attached hydrogens (tertiary/aromatic N) is 1. The zero-order valence-corrected chi connectivity index (χ0v) is 23.5. The van der Waals surface area contributed by atoms with Gasteiger partial charge < -0.3 is 30.3 Å². The van der Waals surface area contributed by atoms with Crippen LogP contribution < -0.4 is 20.9 Å². The molecule has 4 rings (SSSR count). The number of nitrogens with one attached hydrogen (secondary N) is 3. The van der Waals surface area contributed by atoms with Crippen molar-refractivity contribution >= 4 is 34.9 Å². The van der Waals surface area contributed by atoms with Crippen LogP contribution in [0, 0.1) is 13.8 Å². The van der Waals surface area contributed by atoms with Crippen molar-refractivity contribution in [1.82, 2.24) is 5.32 Å². The third kappa shape index (κ3) is 7.29. The number of halogens is 2. The van der Waals surface area contributed by atoms with E-state index in [-0.39, 0.29) is 19.8 Å². The lowest BCUT2D eigenvalue weighted by Crippen LogP contribution is -2.56. The molecule has 1 unspecified atom stereocenters. The van der Waals surface area contributed by atoms with Gasteiger partial charge in [-0.25, -0.2) is 13.6 Å². The molecule has 3 aromatic carbocycles. The average molecular weight is 581 g/mol. The van der Waals surface area contributed by atoms with Crippen LogP contribution in [0.5, 0.6) is 0 Å². The third-order valence-corrected chi connectivity index (χ3v) is 6.76. The molecule has 0 saturated carbocycles. The van der Waals surface area contributed by atoms with Gasteiger partial charge in [0.1, 0.15) is 13.3 Å². The number of carbonyl (C=O) groups excluding carboxylic acids is 3. The molecule has 0 fully saturated rings. The lowest BCUT2D eigenvalue weighted by atomic mass is 9.87. The van der Waals surface area contributed by atoms with E-state index >= 15 is 0 Å². The molecule has 4 amide bonds. The molecule has 0 aliphatic carbocycles. The molecule has 0 bridgehead atoms. The maximum absolute atomic E-state index is 14.3. The Hall–Kier alpha value is -4.35. The zero-order chi connectivity index (χ0) is 30.1. The van der Waals surface area contributed by atoms with Crippen molar-refractivity contribution in [1.29, 1.82) is 0 Å². The number of anilines is 3. The van der Waals surface area contributed by atoms with Crippen molar-refractivity contribution in [2.45, 2.75) is 32.1 Å². The highest BCUT2D eigenvalue weighted by atomic mass is 19.1. The van der Waals surface area contributed by atoms with Crippen molar-refractivity contribution in [3.63, 3.8) is 0 Å². The van der Waals surface area contributed by atoms with E-state index in [4.69, 9.17) is 9.47 Å². The average Bonchev–Trinajstić information content (AvgIpc) is 3.19. The number of amides is 4. The van der Waals surface area contributed by atoms with Crippen LogP contribution in [0.15, 0.2) is 72.8 Å². The molecule has 3 aromatic rings. The highest BCUT2D eigenvalue weighted by molar-refractivity contribution is 6.12. The number of carbonyl (C=O) groups is 3. The number of rotatable bonds is 13. The van der Waals surface area contributed by atoms with Gasteiger partial charge in [-0.3, -0.25) is 9.59 Å². The Morgan fingerprint density at radius 3 is 1.95 bits per heavy atom. The number of alkyl halides is 2. The molecule has 0 radical (unpaired) electrons. The SMILES string of the molecule is Cc1ccc(NC(=O)CC2(NC(=O)Nc3ccc(C)cc3)C(=O)N(CC(OCCF)OCCF)c3ccccc32)cc1. The second-order valence-corrected chi connectivity index (χ2v) is 9.92. The van der Waals surface area contributed by atoms with E-state index in [1.54, 1.807) is 48.5 Å². The minimum Gasteiger partial charge on any atom is -0.348 e. The molecule has 42 heavy (non-hydrogen) atoms. The molecule has 0 saturated heterocycles. The van der Waals surface area contributed by atoms with Crippen LogP contribution >= 0.6 is 0 Å². The molecule has 1 aliphatic rings. The molecule has 11 heteroatoms. The van der Waals surface area contributed by atoms with Gasteiger partial charge in [-0.2, -0.15) is 0 Å². The molecule has 1 atom stereocenters. The summed E-state index contributed by atoms with van der Waals surface area (Å²) in [5.41, 5.74) is 1.99. The number of benzene rings is 3. The first-order valence-electron chi connectivity index (χ1n) is 13.5. The minimum absolute atomic E-state index is 0.224. The van der Waals surface area contributed by atoms with E-state index < -0.39 is 49.4 Å². The highest BCUT2D eigenvalue weighted by Gasteiger charge is 2.53. The van der Waals surface area contributed by atoms with E-state index in [1.165, 1.54) is 4.90 Å². The molecule has 0 aromatic heterocycles. The van der Waals surface area contributed by atoms with Gasteiger partial charge in [-0.15, -0.1) is 0 Å². The lowest BCUT2D eigenvalue weighted by Gasteiger charge is -2.30. The number of urea groups is 1. The van der Waals surface area contributed by atoms with Gasteiger partial charge in [0, 0.05) is 16.9 Å². The van der Waals surface area contributed by atoms with Gasteiger partial charge in [0.25, 0.3) is 5.91 Å². The number of hydrogen-bond acceptors (Lipinski definition) is 5. The molecule has 3 N–H and O–H groups in total. The van der Waals surface area contributed by atoms with Gasteiger partial charge in [0.2, 0.25) is 5.91 Å². The Morgan fingerprint density at radius 2 is 1.38 bits per heavy atom. The Morgan fingerprint density at radius 1 is 0.833 bits per heavy atom. The Balaban J connectivity index is 1.68. The van der Waals surface area contributed by atoms with Gasteiger partial charge in [0.05, 0.1) is 31.9 Å². The monoisotopic (exact) mass is 580 g/mol. The van der Waals surface area contributed by atoms with Crippen molar-refractivity contribution in [3.05, 3.63) is 89.5 Å². The Bertz CT molecular complexity index is 1320. The fraction of sp³-hybridized carbons (Fsp3) is 0.323. The van der Waals surface area contributed by atoms with Crippen molar-refractivity contribution in [3.8, 4) is 0 Å². The van der Waals surface area contributed by atoms with Crippen LogP contribution in [0.4, 0.5) is 30.6 Å². The first-order valence-corrected chi connectivity index (χ1v) is 13.5. The van der Waals surface area contributed by atoms with Crippen LogP contribution in [0.2, 0.25) is 0 Å². The summed E-state index contributed by atoms with van der Waals surface area (Å²) >= 11 is 0. The summed E-state index contributed by atoms with van der Waals surface area (Å²) in [4.78, 5) is 42.3. The number of hydrogen-bond donors (Lipinski definition) is 3. The van der Waals surface area contributed by atoms with Crippen LogP contribution in [-0.4, -0.2) is 57.2 Å². The van der Waals surface area contributed by atoms with Gasteiger partial charge in [0.15, 0.2) is 11.8 Å². The normalized spacial score (nSPS) is 15.9. The van der Waals surface area contributed by atoms with E-state index in [9.17, 15) is 23.2 Å². The highest BCUT2D eigenvalue weighted by Crippen LogP contribution is 2.43. The number of aryl methyl sites for hydroxylation is 2. The molecule has 1 aliphatic heterocycles. The first kappa shape index (κ1) is 30.6. The minimum atomic E-state index is -1.81. The molecular formula is C31H34F2N4O5. The van der Waals surface area contributed by atoms with Crippen molar-refractivity contribution in [2.75, 3.05) is 48.6 Å². The summed E-state index contributed by atoms with van der Waals surface area (Å²) in [6, 6.07) is 20.3. The lowest BCUT2D eigenvalue weighted by molar-refractivity contribution is -0.144. The standard InChI is InChI=1S/C31H34F2N4O5/c1-21-7-11-23(12-8-21)34-27(38)19-31(36-30(40)35-24-13-9-22(2)10-14-24)25-5-3-4-6-26(25)37(29(31)39)20-28(41-17-15-32)42-18-16-33/h3-14,28H,15-20H2,1-2H3,(H,34,38)(H2,35,36,40). The van der Waals surface area contributed by atoms with E-state index in [0.717, 1.165) is 11.1 Å². The summed E-state index contributed by atoms with van der Waals surface area (Å²) in [7, 11) is 0. The fourth-order valence-electron chi connectivity index (χ4n) is 4.77. The predicted molar refractivity (Wildman–Crippen MR) is 156 cm³/mol. The molecule has 9 nitrogen and oxygen atoms in total. The number of ether oxygens (including phenoxy) is 2. The van der Waals surface area contributed by atoms with Crippen LogP contribution in [0.25, 0.3) is 0 Å². The summed E-state index contributed by atoms with van der Waals surface area (Å²) < 4.78 is 36.5. The van der Waals surface area contributed by atoms with Crippen LogP contribution in [-0.2, 0) is 24.6 Å². The zero-order valence-electron chi connectivity index (χ0n) is 23.5. The first-order chi connectivity index (χ1) is 20.3. The van der Waals surface area contributed by atoms with Crippen molar-refractivity contribution in [2.24, 2.45) is 0 Å². The topological polar surface area (TPSA) is 109 Å². The van der Waals surface area contributed by atoms with Gasteiger partial charge in [-0.05, 0) is 44.2 Å². The molecular weight excluding hydrogens is 546 g/mol. The van der Waals surface area contributed by atoms with Crippen LogP contribution in [0.3, 0.4) is 0 Å². The summed E-state index contributed by atoms with van der Waals surface area (Å²) in [6.07, 6.45) is -1.58. The largest absolute Gasteiger partial charge is 0.348 e. The van der Waals surface area contributed by atoms with E-state index in [2.05, 4.69) is 16.0 Å². The Kier molecular flexibility index (Phi) is 10.2. The summed E-state index contributed by atoms with van der Waals surface area (Å²) in [6.45, 7) is 1.37. The van der Waals surface area contributed by atoms with Gasteiger partial charge in [-0.1, -0.05) is 53.6 Å². The summed E-state index contributed by atoms with van der Waals surface area (Å²) in [5.74, 6) is -1.14. The predicted octanol–water partition coefficient (Wildman–Crippen LogP) is 4.99. The Labute approximate surface area is 243 Å². The number of fused-ring (bicyclic) bond motifs is 1. The quantitative estimate of drug-likeness (QED) is 0.247. The smallest absolute Gasteiger partial charge is 0.320 e. The maximum atomic E-state index is 14.3. The maximum Gasteiger partial charge on any atom is 0.320 e. The van der Waals surface area contributed by atoms with Crippen molar-refractivity contribution < 1.29 is 32.6 Å². The van der Waals surface area contributed by atoms with E-state index in [0.29, 0.717) is 22.6 Å². The van der Waals surface area contributed by atoms with E-state index in [1.807, 2.05) is 38.1 Å². The third-order valence-electron chi connectivity index (χ3n) is 6.76.